The Bertz CT molecular complexity index is 419. The molecule has 3 rings (SSSR count). The Morgan fingerprint density at radius 3 is 2.86 bits per heavy atom. The largest absolute Gasteiger partial charge is 0.387 e. The summed E-state index contributed by atoms with van der Waals surface area (Å²) >= 11 is 0. The summed E-state index contributed by atoms with van der Waals surface area (Å²) in [7, 11) is 0. The van der Waals surface area contributed by atoms with Crippen LogP contribution in [0.4, 0.5) is 0 Å². The van der Waals surface area contributed by atoms with Crippen LogP contribution in [0.15, 0.2) is 30.3 Å². The van der Waals surface area contributed by atoms with Crippen LogP contribution in [0.3, 0.4) is 0 Å². The molecule has 0 radical (unpaired) electrons. The van der Waals surface area contributed by atoms with Crippen molar-refractivity contribution in [2.24, 2.45) is 0 Å². The van der Waals surface area contributed by atoms with Gasteiger partial charge in [-0.3, -0.25) is 4.90 Å². The van der Waals surface area contributed by atoms with Crippen molar-refractivity contribution in [1.29, 1.82) is 0 Å². The van der Waals surface area contributed by atoms with Gasteiger partial charge in [-0.05, 0) is 31.2 Å². The van der Waals surface area contributed by atoms with Crippen molar-refractivity contribution in [3.63, 3.8) is 0 Å². The van der Waals surface area contributed by atoms with Crippen molar-refractivity contribution in [3.8, 4) is 0 Å². The highest BCUT2D eigenvalue weighted by Crippen LogP contribution is 2.22. The van der Waals surface area contributed by atoms with Gasteiger partial charge in [-0.25, -0.2) is 0 Å². The molecule has 2 unspecified atom stereocenters. The standard InChI is InChI=1S/C17H25NO3/c19-16(14-6-2-1-3-7-14)13-18-10-9-15(12-18)21-17-8-4-5-11-20-17/h1-3,6-7,15-17,19H,4-5,8-13H2/t15-,16?,17?/m0/s1. The van der Waals surface area contributed by atoms with Crippen LogP contribution in [0.2, 0.25) is 0 Å². The van der Waals surface area contributed by atoms with Gasteiger partial charge in [0.15, 0.2) is 6.29 Å². The molecule has 21 heavy (non-hydrogen) atoms. The number of hydrogen-bond acceptors (Lipinski definition) is 4. The Kier molecular flexibility index (Phi) is 5.25. The highest BCUT2D eigenvalue weighted by molar-refractivity contribution is 5.17. The average molecular weight is 291 g/mol. The van der Waals surface area contributed by atoms with Crippen LogP contribution in [0.25, 0.3) is 0 Å². The van der Waals surface area contributed by atoms with Crippen LogP contribution in [0.5, 0.6) is 0 Å². The molecule has 0 saturated carbocycles. The minimum atomic E-state index is -0.420. The summed E-state index contributed by atoms with van der Waals surface area (Å²) in [6.07, 6.45) is 4.22. The van der Waals surface area contributed by atoms with Crippen molar-refractivity contribution in [1.82, 2.24) is 4.90 Å². The SMILES string of the molecule is OC(CN1CC[C@H](OC2CCCCO2)C1)c1ccccc1. The van der Waals surface area contributed by atoms with Gasteiger partial charge in [0.1, 0.15) is 0 Å². The molecule has 4 nitrogen and oxygen atoms in total. The fraction of sp³-hybridized carbons (Fsp3) is 0.647. The zero-order valence-electron chi connectivity index (χ0n) is 12.5. The van der Waals surface area contributed by atoms with Gasteiger partial charge in [0.25, 0.3) is 0 Å². The number of hydrogen-bond donors (Lipinski definition) is 1. The predicted molar refractivity (Wildman–Crippen MR) is 80.9 cm³/mol. The van der Waals surface area contributed by atoms with Crippen LogP contribution in [-0.2, 0) is 9.47 Å². The Labute approximate surface area is 126 Å². The van der Waals surface area contributed by atoms with Gasteiger partial charge in [-0.2, -0.15) is 0 Å². The van der Waals surface area contributed by atoms with E-state index in [1.54, 1.807) is 0 Å². The fourth-order valence-electron chi connectivity index (χ4n) is 3.13. The van der Waals surface area contributed by atoms with E-state index in [2.05, 4.69) is 4.90 Å². The molecule has 1 N–H and O–H groups in total. The van der Waals surface area contributed by atoms with Gasteiger partial charge < -0.3 is 14.6 Å². The third-order valence-corrected chi connectivity index (χ3v) is 4.33. The van der Waals surface area contributed by atoms with Crippen molar-refractivity contribution >= 4 is 0 Å². The smallest absolute Gasteiger partial charge is 0.158 e. The lowest BCUT2D eigenvalue weighted by Crippen LogP contribution is -2.31. The Morgan fingerprint density at radius 2 is 2.10 bits per heavy atom. The first kappa shape index (κ1) is 15.0. The number of aliphatic hydroxyl groups is 1. The molecule has 0 bridgehead atoms. The van der Waals surface area contributed by atoms with Gasteiger partial charge in [0.2, 0.25) is 0 Å². The first-order valence-corrected chi connectivity index (χ1v) is 8.04. The Morgan fingerprint density at radius 1 is 1.24 bits per heavy atom. The molecule has 4 heteroatoms. The fourth-order valence-corrected chi connectivity index (χ4v) is 3.13. The summed E-state index contributed by atoms with van der Waals surface area (Å²) < 4.78 is 11.7. The first-order chi connectivity index (χ1) is 10.3. The van der Waals surface area contributed by atoms with Crippen molar-refractivity contribution in [2.75, 3.05) is 26.2 Å². The number of aliphatic hydroxyl groups excluding tert-OH is 1. The Balaban J connectivity index is 1.44. The van der Waals surface area contributed by atoms with Crippen LogP contribution in [-0.4, -0.2) is 48.6 Å². The summed E-state index contributed by atoms with van der Waals surface area (Å²) in [6.45, 7) is 3.38. The second kappa shape index (κ2) is 7.36. The molecule has 2 fully saturated rings. The van der Waals surface area contributed by atoms with Gasteiger partial charge >= 0.3 is 0 Å². The lowest BCUT2D eigenvalue weighted by atomic mass is 10.1. The number of nitrogens with zero attached hydrogens (tertiary/aromatic N) is 1. The first-order valence-electron chi connectivity index (χ1n) is 8.04. The molecular weight excluding hydrogens is 266 g/mol. The lowest BCUT2D eigenvalue weighted by molar-refractivity contribution is -0.185. The van der Waals surface area contributed by atoms with E-state index < -0.39 is 6.10 Å². The summed E-state index contributed by atoms with van der Waals surface area (Å²) in [5.41, 5.74) is 0.984. The molecule has 0 aromatic heterocycles. The minimum Gasteiger partial charge on any atom is -0.387 e. The molecule has 1 aromatic rings. The van der Waals surface area contributed by atoms with Gasteiger partial charge in [-0.1, -0.05) is 30.3 Å². The van der Waals surface area contributed by atoms with E-state index in [-0.39, 0.29) is 12.4 Å². The maximum Gasteiger partial charge on any atom is 0.158 e. The van der Waals surface area contributed by atoms with Crippen LogP contribution in [0, 0.1) is 0 Å². The molecule has 2 saturated heterocycles. The van der Waals surface area contributed by atoms with E-state index in [1.807, 2.05) is 30.3 Å². The number of likely N-dealkylation sites (tertiary alicyclic amines) is 1. The molecule has 2 aliphatic rings. The molecule has 2 aliphatic heterocycles. The molecular formula is C17H25NO3. The number of rotatable bonds is 5. The number of β-amino-alcohol motifs (C(OH)–C–C–N with tert-alkyl or cyclic N) is 1. The van der Waals surface area contributed by atoms with Crippen LogP contribution < -0.4 is 0 Å². The predicted octanol–water partition coefficient (Wildman–Crippen LogP) is 2.34. The maximum atomic E-state index is 10.3. The normalized spacial score (nSPS) is 28.6. The van der Waals surface area contributed by atoms with Gasteiger partial charge in [0, 0.05) is 26.2 Å². The highest BCUT2D eigenvalue weighted by Gasteiger charge is 2.28. The molecule has 0 amide bonds. The van der Waals surface area contributed by atoms with Gasteiger partial charge in [0.05, 0.1) is 12.2 Å². The second-order valence-electron chi connectivity index (χ2n) is 6.03. The van der Waals surface area contributed by atoms with Crippen molar-refractivity contribution < 1.29 is 14.6 Å². The van der Waals surface area contributed by atoms with E-state index >= 15 is 0 Å². The van der Waals surface area contributed by atoms with Crippen LogP contribution >= 0.6 is 0 Å². The monoisotopic (exact) mass is 291 g/mol. The Hall–Kier alpha value is -0.940. The minimum absolute atomic E-state index is 0.0113. The van der Waals surface area contributed by atoms with E-state index in [1.165, 1.54) is 6.42 Å². The van der Waals surface area contributed by atoms with E-state index in [4.69, 9.17) is 9.47 Å². The van der Waals surface area contributed by atoms with Crippen molar-refractivity contribution in [2.45, 2.75) is 44.2 Å². The highest BCUT2D eigenvalue weighted by atomic mass is 16.7. The topological polar surface area (TPSA) is 41.9 Å². The van der Waals surface area contributed by atoms with Gasteiger partial charge in [-0.15, -0.1) is 0 Å². The zero-order valence-corrected chi connectivity index (χ0v) is 12.5. The van der Waals surface area contributed by atoms with Crippen LogP contribution in [0.1, 0.15) is 37.4 Å². The number of ether oxygens (including phenoxy) is 2. The third kappa shape index (κ3) is 4.27. The summed E-state index contributed by atoms with van der Waals surface area (Å²) in [5, 5.41) is 10.3. The lowest BCUT2D eigenvalue weighted by Gasteiger charge is -2.26. The third-order valence-electron chi connectivity index (χ3n) is 4.33. The maximum absolute atomic E-state index is 10.3. The second-order valence-corrected chi connectivity index (χ2v) is 6.03. The number of benzene rings is 1. The molecule has 2 heterocycles. The average Bonchev–Trinajstić information content (AvgIpc) is 2.96. The quantitative estimate of drug-likeness (QED) is 0.904. The summed E-state index contributed by atoms with van der Waals surface area (Å²) in [4.78, 5) is 2.28. The van der Waals surface area contributed by atoms with Crippen molar-refractivity contribution in [3.05, 3.63) is 35.9 Å². The summed E-state index contributed by atoms with van der Waals surface area (Å²) in [5.74, 6) is 0. The molecule has 3 atom stereocenters. The van der Waals surface area contributed by atoms with E-state index in [0.717, 1.165) is 44.5 Å². The van der Waals surface area contributed by atoms with E-state index in [9.17, 15) is 5.11 Å². The molecule has 1 aromatic carbocycles. The molecule has 116 valence electrons. The molecule has 0 spiro atoms. The molecule has 0 aliphatic carbocycles. The summed E-state index contributed by atoms with van der Waals surface area (Å²) in [6, 6.07) is 9.86. The zero-order chi connectivity index (χ0) is 14.5. The van der Waals surface area contributed by atoms with E-state index in [0.29, 0.717) is 6.54 Å².